The second-order valence-corrected chi connectivity index (χ2v) is 3.75. The summed E-state index contributed by atoms with van der Waals surface area (Å²) in [5, 5.41) is 1.67. The SMILES string of the molecule is CN1OC(CCc2ccccc2)=CC1N. The van der Waals surface area contributed by atoms with E-state index in [9.17, 15) is 0 Å². The fraction of sp³-hybridized carbons (Fsp3) is 0.333. The lowest BCUT2D eigenvalue weighted by Crippen LogP contribution is -2.32. The van der Waals surface area contributed by atoms with Crippen LogP contribution in [0.3, 0.4) is 0 Å². The lowest BCUT2D eigenvalue weighted by Gasteiger charge is -2.13. The first-order chi connectivity index (χ1) is 7.25. The van der Waals surface area contributed by atoms with Gasteiger partial charge in [0.05, 0.1) is 0 Å². The summed E-state index contributed by atoms with van der Waals surface area (Å²) in [7, 11) is 1.84. The molecule has 15 heavy (non-hydrogen) atoms. The van der Waals surface area contributed by atoms with Crippen LogP contribution in [-0.2, 0) is 11.3 Å². The molecule has 1 aliphatic heterocycles. The Labute approximate surface area is 90.1 Å². The van der Waals surface area contributed by atoms with Crippen LogP contribution < -0.4 is 5.73 Å². The largest absolute Gasteiger partial charge is 0.409 e. The van der Waals surface area contributed by atoms with Crippen molar-refractivity contribution in [2.75, 3.05) is 7.05 Å². The highest BCUT2D eigenvalue weighted by Crippen LogP contribution is 2.18. The average Bonchev–Trinajstić information content (AvgIpc) is 2.57. The van der Waals surface area contributed by atoms with Gasteiger partial charge in [-0.3, -0.25) is 0 Å². The molecule has 1 heterocycles. The van der Waals surface area contributed by atoms with Gasteiger partial charge in [0.25, 0.3) is 0 Å². The number of nitrogens with two attached hydrogens (primary N) is 1. The van der Waals surface area contributed by atoms with Gasteiger partial charge in [0.15, 0.2) is 0 Å². The normalized spacial score (nSPS) is 21.2. The molecule has 1 aliphatic rings. The van der Waals surface area contributed by atoms with Crippen molar-refractivity contribution < 1.29 is 4.84 Å². The van der Waals surface area contributed by atoms with Crippen LogP contribution in [0.15, 0.2) is 42.2 Å². The number of nitrogens with zero attached hydrogens (tertiary/aromatic N) is 1. The zero-order valence-corrected chi connectivity index (χ0v) is 8.89. The topological polar surface area (TPSA) is 38.5 Å². The molecule has 0 aromatic heterocycles. The fourth-order valence-electron chi connectivity index (χ4n) is 1.61. The average molecular weight is 204 g/mol. The van der Waals surface area contributed by atoms with Crippen molar-refractivity contribution in [3.05, 3.63) is 47.7 Å². The van der Waals surface area contributed by atoms with Crippen molar-refractivity contribution in [2.24, 2.45) is 5.73 Å². The van der Waals surface area contributed by atoms with E-state index in [1.807, 2.05) is 19.2 Å². The molecule has 0 radical (unpaired) electrons. The van der Waals surface area contributed by atoms with E-state index in [0.29, 0.717) is 0 Å². The summed E-state index contributed by atoms with van der Waals surface area (Å²) in [6, 6.07) is 10.4. The standard InChI is InChI=1S/C12H16N2O/c1-14-12(13)9-11(15-14)8-7-10-5-3-2-4-6-10/h2-6,9,12H,7-8,13H2,1H3. The molecule has 2 rings (SSSR count). The molecule has 3 nitrogen and oxygen atoms in total. The lowest BCUT2D eigenvalue weighted by molar-refractivity contribution is -0.0948. The lowest BCUT2D eigenvalue weighted by atomic mass is 10.1. The zero-order valence-electron chi connectivity index (χ0n) is 8.89. The molecule has 0 saturated heterocycles. The first-order valence-corrected chi connectivity index (χ1v) is 5.17. The quantitative estimate of drug-likeness (QED) is 0.814. The summed E-state index contributed by atoms with van der Waals surface area (Å²) in [6.45, 7) is 0. The molecule has 3 heteroatoms. The minimum absolute atomic E-state index is 0.101. The van der Waals surface area contributed by atoms with Gasteiger partial charge < -0.3 is 10.6 Å². The molecule has 1 aromatic carbocycles. The number of rotatable bonds is 3. The monoisotopic (exact) mass is 204 g/mol. The number of hydroxylamine groups is 2. The zero-order chi connectivity index (χ0) is 10.7. The van der Waals surface area contributed by atoms with Crippen LogP contribution >= 0.6 is 0 Å². The van der Waals surface area contributed by atoms with Crippen LogP contribution in [0.5, 0.6) is 0 Å². The van der Waals surface area contributed by atoms with E-state index < -0.39 is 0 Å². The van der Waals surface area contributed by atoms with Crippen molar-refractivity contribution >= 4 is 0 Å². The summed E-state index contributed by atoms with van der Waals surface area (Å²) >= 11 is 0. The Balaban J connectivity index is 1.87. The van der Waals surface area contributed by atoms with Crippen LogP contribution in [-0.4, -0.2) is 18.3 Å². The van der Waals surface area contributed by atoms with Crippen molar-refractivity contribution in [1.82, 2.24) is 5.06 Å². The highest BCUT2D eigenvalue weighted by Gasteiger charge is 2.18. The Hall–Kier alpha value is -1.32. The number of hydrogen-bond donors (Lipinski definition) is 1. The van der Waals surface area contributed by atoms with E-state index in [1.165, 1.54) is 5.56 Å². The highest BCUT2D eigenvalue weighted by atomic mass is 16.7. The van der Waals surface area contributed by atoms with E-state index in [4.69, 9.17) is 10.6 Å². The summed E-state index contributed by atoms with van der Waals surface area (Å²) in [5.41, 5.74) is 7.09. The van der Waals surface area contributed by atoms with Crippen molar-refractivity contribution in [1.29, 1.82) is 0 Å². The summed E-state index contributed by atoms with van der Waals surface area (Å²) in [4.78, 5) is 5.46. The predicted molar refractivity (Wildman–Crippen MR) is 59.7 cm³/mol. The van der Waals surface area contributed by atoms with E-state index >= 15 is 0 Å². The van der Waals surface area contributed by atoms with Crippen molar-refractivity contribution in [3.63, 3.8) is 0 Å². The Morgan fingerprint density at radius 3 is 2.60 bits per heavy atom. The predicted octanol–water partition coefficient (Wildman–Crippen LogP) is 1.66. The third-order valence-electron chi connectivity index (χ3n) is 2.54. The van der Waals surface area contributed by atoms with Gasteiger partial charge in [-0.1, -0.05) is 30.3 Å². The van der Waals surface area contributed by atoms with Crippen LogP contribution in [0, 0.1) is 0 Å². The number of hydrogen-bond acceptors (Lipinski definition) is 3. The Morgan fingerprint density at radius 2 is 2.00 bits per heavy atom. The number of aryl methyl sites for hydroxylation is 1. The first-order valence-electron chi connectivity index (χ1n) is 5.17. The maximum atomic E-state index is 5.76. The van der Waals surface area contributed by atoms with Gasteiger partial charge in [0.1, 0.15) is 11.9 Å². The van der Waals surface area contributed by atoms with Crippen LogP contribution in [0.2, 0.25) is 0 Å². The molecule has 0 amide bonds. The van der Waals surface area contributed by atoms with Crippen molar-refractivity contribution in [2.45, 2.75) is 19.0 Å². The van der Waals surface area contributed by atoms with Gasteiger partial charge in [-0.05, 0) is 18.1 Å². The second-order valence-electron chi connectivity index (χ2n) is 3.75. The smallest absolute Gasteiger partial charge is 0.124 e. The molecule has 0 bridgehead atoms. The molecular weight excluding hydrogens is 188 g/mol. The number of allylic oxidation sites excluding steroid dienone is 1. The van der Waals surface area contributed by atoms with Crippen LogP contribution in [0.25, 0.3) is 0 Å². The maximum absolute atomic E-state index is 5.76. The van der Waals surface area contributed by atoms with E-state index in [-0.39, 0.29) is 6.17 Å². The molecule has 0 saturated carbocycles. The molecule has 1 unspecified atom stereocenters. The van der Waals surface area contributed by atoms with Gasteiger partial charge in [-0.2, -0.15) is 0 Å². The Morgan fingerprint density at radius 1 is 1.27 bits per heavy atom. The highest BCUT2D eigenvalue weighted by molar-refractivity contribution is 5.16. The molecular formula is C12H16N2O. The Bertz CT molecular complexity index is 348. The third-order valence-corrected chi connectivity index (χ3v) is 2.54. The molecule has 1 atom stereocenters. The number of likely N-dealkylation sites (N-methyl/N-ethyl adjacent to an activating group) is 1. The summed E-state index contributed by atoms with van der Waals surface area (Å²) in [6.07, 6.45) is 3.76. The molecule has 80 valence electrons. The van der Waals surface area contributed by atoms with Crippen LogP contribution in [0.1, 0.15) is 12.0 Å². The van der Waals surface area contributed by atoms with Crippen molar-refractivity contribution in [3.8, 4) is 0 Å². The van der Waals surface area contributed by atoms with E-state index in [1.54, 1.807) is 5.06 Å². The molecule has 0 aliphatic carbocycles. The Kier molecular flexibility index (Phi) is 3.04. The minimum atomic E-state index is -0.101. The molecule has 1 aromatic rings. The van der Waals surface area contributed by atoms with Gasteiger partial charge in [0, 0.05) is 13.5 Å². The van der Waals surface area contributed by atoms with E-state index in [0.717, 1.165) is 18.6 Å². The van der Waals surface area contributed by atoms with Gasteiger partial charge in [-0.25, -0.2) is 0 Å². The van der Waals surface area contributed by atoms with E-state index in [2.05, 4.69) is 24.3 Å². The van der Waals surface area contributed by atoms with Crippen LogP contribution in [0.4, 0.5) is 0 Å². The van der Waals surface area contributed by atoms with Gasteiger partial charge in [0.2, 0.25) is 0 Å². The summed E-state index contributed by atoms with van der Waals surface area (Å²) < 4.78 is 0. The first kappa shape index (κ1) is 10.2. The second kappa shape index (κ2) is 4.47. The molecule has 2 N–H and O–H groups in total. The molecule has 0 spiro atoms. The number of benzene rings is 1. The fourth-order valence-corrected chi connectivity index (χ4v) is 1.61. The van der Waals surface area contributed by atoms with Gasteiger partial charge >= 0.3 is 0 Å². The van der Waals surface area contributed by atoms with Gasteiger partial charge in [-0.15, -0.1) is 5.06 Å². The molecule has 0 fully saturated rings. The minimum Gasteiger partial charge on any atom is -0.409 e. The summed E-state index contributed by atoms with van der Waals surface area (Å²) in [5.74, 6) is 0.967. The maximum Gasteiger partial charge on any atom is 0.124 e. The third kappa shape index (κ3) is 2.58.